The Morgan fingerprint density at radius 2 is 1.08 bits per heavy atom. The summed E-state index contributed by atoms with van der Waals surface area (Å²) in [6.07, 6.45) is 0. The van der Waals surface area contributed by atoms with E-state index in [4.69, 9.17) is 38.3 Å². The fraction of sp³-hybridized carbons (Fsp3) is 0.133. The van der Waals surface area contributed by atoms with E-state index in [0.717, 1.165) is 22.6 Å². The van der Waals surface area contributed by atoms with Gasteiger partial charge in [0.15, 0.2) is 0 Å². The number of carbonyl (C=O) groups is 2. The van der Waals surface area contributed by atoms with Gasteiger partial charge in [0, 0.05) is 35.6 Å². The third-order valence-electron chi connectivity index (χ3n) is 5.32. The van der Waals surface area contributed by atoms with Crippen molar-refractivity contribution in [3.63, 3.8) is 0 Å². The van der Waals surface area contributed by atoms with Crippen LogP contribution in [0.4, 0.5) is 11.4 Å². The van der Waals surface area contributed by atoms with Crippen molar-refractivity contribution in [1.82, 2.24) is 5.32 Å². The van der Waals surface area contributed by atoms with Gasteiger partial charge in [0.25, 0.3) is 11.1 Å². The van der Waals surface area contributed by atoms with Gasteiger partial charge in [-0.05, 0) is 95.5 Å². The van der Waals surface area contributed by atoms with Crippen LogP contribution in [0.2, 0.25) is 0 Å². The van der Waals surface area contributed by atoms with Crippen molar-refractivity contribution in [1.29, 1.82) is 0 Å². The predicted octanol–water partition coefficient (Wildman–Crippen LogP) is 5.01. The van der Waals surface area contributed by atoms with Gasteiger partial charge in [-0.25, -0.2) is 0 Å². The summed E-state index contributed by atoms with van der Waals surface area (Å²) in [5.41, 5.74) is 21.1. The number of methoxy groups -OCH3 is 2. The Balaban J connectivity index is 0.000000226. The fourth-order valence-corrected chi connectivity index (χ4v) is 3.16. The van der Waals surface area contributed by atoms with Crippen LogP contribution in [-0.2, 0) is 13.1 Å². The van der Waals surface area contributed by atoms with Gasteiger partial charge in [-0.2, -0.15) is 0 Å². The molecule has 0 aliphatic heterocycles. The lowest BCUT2D eigenvalue weighted by atomic mass is 10.2. The lowest BCUT2D eigenvalue weighted by molar-refractivity contribution is 0.0950. The van der Waals surface area contributed by atoms with Gasteiger partial charge < -0.3 is 32.0 Å². The standard InChI is InChI=1S/C15H16N2O2.C8H7ClO2.C7H10N2/c1-19-14-8-4-12(5-9-14)15(18)17-10-11-2-6-13(16)7-3-11;1-11-7-4-2-6(3-5-7)8(9)10;8-5-6-1-3-7(9)4-2-6/h2-9H,10,16H2,1H3,(H,17,18);2-5H,1H3;1-4H,5,8-9H2. The normalized spacial score (nSPS) is 9.64. The van der Waals surface area contributed by atoms with Crippen molar-refractivity contribution in [2.45, 2.75) is 13.1 Å². The van der Waals surface area contributed by atoms with Crippen LogP contribution in [0, 0.1) is 0 Å². The molecule has 39 heavy (non-hydrogen) atoms. The van der Waals surface area contributed by atoms with E-state index >= 15 is 0 Å². The zero-order valence-corrected chi connectivity index (χ0v) is 22.7. The van der Waals surface area contributed by atoms with Gasteiger partial charge in [0.05, 0.1) is 14.2 Å². The average molecular weight is 549 g/mol. The van der Waals surface area contributed by atoms with Gasteiger partial charge >= 0.3 is 0 Å². The molecule has 0 atom stereocenters. The largest absolute Gasteiger partial charge is 0.497 e. The summed E-state index contributed by atoms with van der Waals surface area (Å²) in [6.45, 7) is 1.06. The molecule has 1 amide bonds. The van der Waals surface area contributed by atoms with Gasteiger partial charge in [0.2, 0.25) is 0 Å². The highest BCUT2D eigenvalue weighted by Crippen LogP contribution is 2.13. The molecule has 0 saturated carbocycles. The minimum atomic E-state index is -0.451. The quantitative estimate of drug-likeness (QED) is 0.188. The third-order valence-corrected chi connectivity index (χ3v) is 5.54. The number of anilines is 2. The van der Waals surface area contributed by atoms with E-state index in [9.17, 15) is 9.59 Å². The Kier molecular flexibility index (Phi) is 12.9. The van der Waals surface area contributed by atoms with Crippen molar-refractivity contribution in [2.75, 3.05) is 25.7 Å². The smallest absolute Gasteiger partial charge is 0.252 e. The first-order chi connectivity index (χ1) is 18.7. The minimum Gasteiger partial charge on any atom is -0.497 e. The van der Waals surface area contributed by atoms with Gasteiger partial charge in [0.1, 0.15) is 11.5 Å². The minimum absolute atomic E-state index is 0.112. The third kappa shape index (κ3) is 11.2. The molecule has 204 valence electrons. The molecule has 0 heterocycles. The van der Waals surface area contributed by atoms with Crippen LogP contribution in [0.5, 0.6) is 11.5 Å². The first-order valence-electron chi connectivity index (χ1n) is 11.9. The predicted molar refractivity (Wildman–Crippen MR) is 157 cm³/mol. The topological polar surface area (TPSA) is 143 Å². The molecule has 0 aliphatic rings. The monoisotopic (exact) mass is 548 g/mol. The van der Waals surface area contributed by atoms with Crippen molar-refractivity contribution >= 4 is 34.1 Å². The maximum absolute atomic E-state index is 11.9. The first kappa shape index (κ1) is 30.7. The molecule has 9 heteroatoms. The van der Waals surface area contributed by atoms with Crippen molar-refractivity contribution in [2.24, 2.45) is 5.73 Å². The lowest BCUT2D eigenvalue weighted by Crippen LogP contribution is -2.22. The number of nitrogens with two attached hydrogens (primary N) is 3. The van der Waals surface area contributed by atoms with Crippen molar-refractivity contribution in [3.8, 4) is 11.5 Å². The molecule has 4 aromatic carbocycles. The Morgan fingerprint density at radius 3 is 1.46 bits per heavy atom. The molecule has 0 aromatic heterocycles. The lowest BCUT2D eigenvalue weighted by Gasteiger charge is -2.06. The van der Waals surface area contributed by atoms with Crippen LogP contribution >= 0.6 is 11.6 Å². The molecule has 0 aliphatic carbocycles. The second-order valence-electron chi connectivity index (χ2n) is 8.10. The molecule has 0 saturated heterocycles. The molecule has 0 radical (unpaired) electrons. The molecule has 4 rings (SSSR count). The van der Waals surface area contributed by atoms with Gasteiger partial charge in [-0.3, -0.25) is 9.59 Å². The second kappa shape index (κ2) is 16.3. The van der Waals surface area contributed by atoms with Crippen LogP contribution in [-0.4, -0.2) is 25.4 Å². The van der Waals surface area contributed by atoms with E-state index in [0.29, 0.717) is 35.7 Å². The van der Waals surface area contributed by atoms with E-state index < -0.39 is 5.24 Å². The summed E-state index contributed by atoms with van der Waals surface area (Å²) in [7, 11) is 3.16. The van der Waals surface area contributed by atoms with E-state index in [1.807, 2.05) is 48.5 Å². The van der Waals surface area contributed by atoms with E-state index in [-0.39, 0.29) is 5.91 Å². The average Bonchev–Trinajstić information content (AvgIpc) is 2.98. The summed E-state index contributed by atoms with van der Waals surface area (Å²) in [5, 5.41) is 2.40. The highest BCUT2D eigenvalue weighted by molar-refractivity contribution is 6.67. The fourth-order valence-electron chi connectivity index (χ4n) is 3.04. The summed E-state index contributed by atoms with van der Waals surface area (Å²) in [5.74, 6) is 1.33. The Bertz CT molecular complexity index is 1300. The number of rotatable bonds is 7. The number of nitrogens with one attached hydrogen (secondary N) is 1. The molecular formula is C30H33ClN4O4. The molecule has 4 aromatic rings. The number of halogens is 1. The van der Waals surface area contributed by atoms with Crippen LogP contribution in [0.25, 0.3) is 0 Å². The Labute approximate surface area is 233 Å². The Morgan fingerprint density at radius 1 is 0.667 bits per heavy atom. The van der Waals surface area contributed by atoms with Crippen LogP contribution in [0.15, 0.2) is 97.1 Å². The van der Waals surface area contributed by atoms with Gasteiger partial charge in [-0.1, -0.05) is 24.3 Å². The molecule has 0 spiro atoms. The highest BCUT2D eigenvalue weighted by atomic mass is 35.5. The van der Waals surface area contributed by atoms with E-state index in [1.165, 1.54) is 0 Å². The zero-order valence-electron chi connectivity index (χ0n) is 21.9. The van der Waals surface area contributed by atoms with E-state index in [2.05, 4.69) is 5.32 Å². The summed E-state index contributed by atoms with van der Waals surface area (Å²) in [4.78, 5) is 22.5. The summed E-state index contributed by atoms with van der Waals surface area (Å²) in [6, 6.07) is 28.6. The van der Waals surface area contributed by atoms with Crippen LogP contribution in [0.1, 0.15) is 31.8 Å². The molecule has 0 unspecified atom stereocenters. The number of amides is 1. The summed E-state index contributed by atoms with van der Waals surface area (Å²) >= 11 is 5.22. The number of benzene rings is 4. The number of ether oxygens (including phenoxy) is 2. The van der Waals surface area contributed by atoms with Crippen LogP contribution in [0.3, 0.4) is 0 Å². The van der Waals surface area contributed by atoms with E-state index in [1.54, 1.807) is 62.8 Å². The van der Waals surface area contributed by atoms with Gasteiger partial charge in [-0.15, -0.1) is 0 Å². The first-order valence-corrected chi connectivity index (χ1v) is 12.3. The number of carbonyl (C=O) groups excluding carboxylic acids is 2. The molecule has 0 fully saturated rings. The molecular weight excluding hydrogens is 516 g/mol. The molecule has 8 nitrogen and oxygen atoms in total. The second-order valence-corrected chi connectivity index (χ2v) is 8.44. The van der Waals surface area contributed by atoms with Crippen LogP contribution < -0.4 is 32.0 Å². The maximum Gasteiger partial charge on any atom is 0.252 e. The zero-order chi connectivity index (χ0) is 28.6. The highest BCUT2D eigenvalue weighted by Gasteiger charge is 2.05. The number of hydrogen-bond acceptors (Lipinski definition) is 7. The molecule has 0 bridgehead atoms. The summed E-state index contributed by atoms with van der Waals surface area (Å²) < 4.78 is 9.94. The van der Waals surface area contributed by atoms with Crippen molar-refractivity contribution in [3.05, 3.63) is 119 Å². The SMILES string of the molecule is COc1ccc(C(=O)Cl)cc1.COc1ccc(C(=O)NCc2ccc(N)cc2)cc1.NCc1ccc(N)cc1. The Hall–Kier alpha value is -4.53. The number of hydrogen-bond donors (Lipinski definition) is 4. The maximum atomic E-state index is 11.9. The number of nitrogen functional groups attached to an aromatic ring is 2. The molecule has 7 N–H and O–H groups in total. The van der Waals surface area contributed by atoms with Crippen molar-refractivity contribution < 1.29 is 19.1 Å².